The first-order valence-electron chi connectivity index (χ1n) is 8.25. The largest absolute Gasteiger partial charge is 0.444 e. The van der Waals surface area contributed by atoms with Crippen molar-refractivity contribution in [1.29, 1.82) is 0 Å². The molecule has 118 valence electrons. The maximum absolute atomic E-state index is 12.3. The Bertz CT molecular complexity index is 758. The van der Waals surface area contributed by atoms with Gasteiger partial charge in [-0.1, -0.05) is 12.6 Å². The highest BCUT2D eigenvalue weighted by molar-refractivity contribution is 6.01. The second-order valence-corrected chi connectivity index (χ2v) is 6.37. The van der Waals surface area contributed by atoms with Gasteiger partial charge >= 0.3 is 0 Å². The highest BCUT2D eigenvalue weighted by atomic mass is 16.4. The molecule has 1 aromatic heterocycles. The zero-order valence-electron chi connectivity index (χ0n) is 13.1. The van der Waals surface area contributed by atoms with Gasteiger partial charge in [0.15, 0.2) is 5.89 Å². The van der Waals surface area contributed by atoms with Gasteiger partial charge in [-0.2, -0.15) is 0 Å². The maximum Gasteiger partial charge on any atom is 0.250 e. The number of carbonyl (C=O) groups is 1. The van der Waals surface area contributed by atoms with Gasteiger partial charge in [0.1, 0.15) is 5.76 Å². The zero-order chi connectivity index (χ0) is 15.8. The van der Waals surface area contributed by atoms with Gasteiger partial charge in [-0.25, -0.2) is 4.98 Å². The van der Waals surface area contributed by atoms with E-state index >= 15 is 0 Å². The first-order chi connectivity index (χ1) is 11.2. The van der Waals surface area contributed by atoms with E-state index in [0.717, 1.165) is 43.0 Å². The number of rotatable bonds is 5. The molecule has 1 aromatic carbocycles. The summed E-state index contributed by atoms with van der Waals surface area (Å²) >= 11 is 0. The van der Waals surface area contributed by atoms with Crippen LogP contribution in [0, 0.1) is 0 Å². The fourth-order valence-corrected chi connectivity index (χ4v) is 3.20. The lowest BCUT2D eigenvalue weighted by Crippen LogP contribution is -2.28. The molecule has 0 unspecified atom stereocenters. The quantitative estimate of drug-likeness (QED) is 0.790. The summed E-state index contributed by atoms with van der Waals surface area (Å²) in [6, 6.07) is 6.28. The van der Waals surface area contributed by atoms with Crippen LogP contribution >= 0.6 is 0 Å². The van der Waals surface area contributed by atoms with E-state index in [1.165, 1.54) is 23.6 Å². The molecule has 1 amide bonds. The Morgan fingerprint density at radius 2 is 2.17 bits per heavy atom. The van der Waals surface area contributed by atoms with E-state index in [4.69, 9.17) is 4.42 Å². The van der Waals surface area contributed by atoms with Gasteiger partial charge in [0.2, 0.25) is 0 Å². The van der Waals surface area contributed by atoms with Gasteiger partial charge in [0, 0.05) is 11.6 Å². The molecule has 0 saturated heterocycles. The van der Waals surface area contributed by atoms with E-state index in [2.05, 4.69) is 23.7 Å². The molecule has 0 atom stereocenters. The summed E-state index contributed by atoms with van der Waals surface area (Å²) in [6.45, 7) is 4.02. The summed E-state index contributed by atoms with van der Waals surface area (Å²) in [4.78, 5) is 18.4. The van der Waals surface area contributed by atoms with Crippen LogP contribution in [0.1, 0.15) is 48.0 Å². The summed E-state index contributed by atoms with van der Waals surface area (Å²) in [6.07, 6.45) is 8.82. The molecule has 0 aliphatic heterocycles. The summed E-state index contributed by atoms with van der Waals surface area (Å²) in [5.74, 6) is 1.89. The van der Waals surface area contributed by atoms with Crippen molar-refractivity contribution in [3.63, 3.8) is 0 Å². The van der Waals surface area contributed by atoms with Crippen LogP contribution in [0.4, 0.5) is 5.69 Å². The Hall–Kier alpha value is -2.36. The van der Waals surface area contributed by atoms with Crippen LogP contribution in [0.25, 0.3) is 0 Å². The van der Waals surface area contributed by atoms with Crippen molar-refractivity contribution in [1.82, 2.24) is 4.98 Å². The molecular formula is C19H20N2O2. The summed E-state index contributed by atoms with van der Waals surface area (Å²) in [5, 5.41) is 0. The Morgan fingerprint density at radius 3 is 2.96 bits per heavy atom. The van der Waals surface area contributed by atoms with Crippen LogP contribution in [0.3, 0.4) is 0 Å². The monoisotopic (exact) mass is 308 g/mol. The van der Waals surface area contributed by atoms with E-state index in [0.29, 0.717) is 12.5 Å². The fraction of sp³-hybridized carbons (Fsp3) is 0.368. The molecule has 4 rings (SSSR count). The Morgan fingerprint density at radius 1 is 1.35 bits per heavy atom. The molecule has 2 aromatic rings. The van der Waals surface area contributed by atoms with Crippen molar-refractivity contribution in [3.05, 3.63) is 59.8 Å². The van der Waals surface area contributed by atoms with Crippen LogP contribution < -0.4 is 4.90 Å². The zero-order valence-corrected chi connectivity index (χ0v) is 13.1. The minimum atomic E-state index is -0.118. The number of aromatic nitrogens is 1. The van der Waals surface area contributed by atoms with Gasteiger partial charge in [0.05, 0.1) is 12.7 Å². The van der Waals surface area contributed by atoms with Crippen molar-refractivity contribution in [3.8, 4) is 0 Å². The third-order valence-electron chi connectivity index (χ3n) is 4.65. The number of amides is 1. The summed E-state index contributed by atoms with van der Waals surface area (Å²) in [5.41, 5.74) is 3.65. The molecule has 2 aliphatic rings. The van der Waals surface area contributed by atoms with E-state index in [1.807, 2.05) is 6.07 Å². The lowest BCUT2D eigenvalue weighted by molar-refractivity contribution is -0.114. The van der Waals surface area contributed by atoms with Gasteiger partial charge < -0.3 is 9.32 Å². The molecule has 4 nitrogen and oxygen atoms in total. The van der Waals surface area contributed by atoms with E-state index in [1.54, 1.807) is 11.1 Å². The van der Waals surface area contributed by atoms with Crippen molar-refractivity contribution in [2.24, 2.45) is 0 Å². The number of carbonyl (C=O) groups excluding carboxylic acids is 1. The molecule has 0 N–H and O–H groups in total. The normalized spacial score (nSPS) is 16.2. The average Bonchev–Trinajstić information content (AvgIpc) is 3.14. The first kappa shape index (κ1) is 14.2. The van der Waals surface area contributed by atoms with Gasteiger partial charge in [-0.15, -0.1) is 0 Å². The van der Waals surface area contributed by atoms with Crippen LogP contribution in [0.2, 0.25) is 0 Å². The highest BCUT2D eigenvalue weighted by Crippen LogP contribution is 2.39. The third-order valence-corrected chi connectivity index (χ3v) is 4.65. The van der Waals surface area contributed by atoms with Crippen molar-refractivity contribution >= 4 is 11.6 Å². The van der Waals surface area contributed by atoms with Gasteiger partial charge in [-0.05, 0) is 61.4 Å². The number of benzene rings is 1. The molecule has 4 heteroatoms. The molecule has 0 spiro atoms. The summed E-state index contributed by atoms with van der Waals surface area (Å²) < 4.78 is 5.81. The fourth-order valence-electron chi connectivity index (χ4n) is 3.20. The minimum absolute atomic E-state index is 0.118. The van der Waals surface area contributed by atoms with Crippen LogP contribution in [0.15, 0.2) is 41.5 Å². The standard InChI is InChI=1S/C19H20N2O2/c1-2-18(22)21(12-17-11-20-19(23-17)14-6-7-14)16-9-8-13-4-3-5-15(13)10-16/h2,8-11,14H,1,3-7,12H2. The molecule has 0 radical (unpaired) electrons. The van der Waals surface area contributed by atoms with E-state index in [9.17, 15) is 4.79 Å². The molecule has 2 aliphatic carbocycles. The smallest absolute Gasteiger partial charge is 0.250 e. The predicted octanol–water partition coefficient (Wildman–Crippen LogP) is 3.76. The number of nitrogens with zero attached hydrogens (tertiary/aromatic N) is 2. The number of anilines is 1. The lowest BCUT2D eigenvalue weighted by atomic mass is 10.1. The molecule has 23 heavy (non-hydrogen) atoms. The van der Waals surface area contributed by atoms with E-state index in [-0.39, 0.29) is 5.91 Å². The number of oxazole rings is 1. The topological polar surface area (TPSA) is 46.3 Å². The molecular weight excluding hydrogens is 288 g/mol. The SMILES string of the molecule is C=CC(=O)N(Cc1cnc(C2CC2)o1)c1ccc2c(c1)CCC2. The summed E-state index contributed by atoms with van der Waals surface area (Å²) in [7, 11) is 0. The molecule has 1 heterocycles. The second kappa shape index (κ2) is 5.69. The Labute approximate surface area is 135 Å². The van der Waals surface area contributed by atoms with Crippen LogP contribution in [-0.2, 0) is 24.2 Å². The Balaban J connectivity index is 1.61. The van der Waals surface area contributed by atoms with E-state index < -0.39 is 0 Å². The number of hydrogen-bond donors (Lipinski definition) is 0. The van der Waals surface area contributed by atoms with Gasteiger partial charge in [-0.3, -0.25) is 4.79 Å². The van der Waals surface area contributed by atoms with Crippen molar-refractivity contribution in [2.45, 2.75) is 44.6 Å². The number of hydrogen-bond acceptors (Lipinski definition) is 3. The third kappa shape index (κ3) is 2.81. The average molecular weight is 308 g/mol. The molecule has 0 bridgehead atoms. The molecule has 1 saturated carbocycles. The predicted molar refractivity (Wildman–Crippen MR) is 88.3 cm³/mol. The van der Waals surface area contributed by atoms with Crippen LogP contribution in [0.5, 0.6) is 0 Å². The Kier molecular flexibility index (Phi) is 3.52. The maximum atomic E-state index is 12.3. The highest BCUT2D eigenvalue weighted by Gasteiger charge is 2.29. The van der Waals surface area contributed by atoms with Gasteiger partial charge in [0.25, 0.3) is 5.91 Å². The first-order valence-corrected chi connectivity index (χ1v) is 8.25. The minimum Gasteiger partial charge on any atom is -0.444 e. The number of aryl methyl sites for hydroxylation is 2. The van der Waals surface area contributed by atoms with Crippen molar-refractivity contribution < 1.29 is 9.21 Å². The number of fused-ring (bicyclic) bond motifs is 1. The lowest BCUT2D eigenvalue weighted by Gasteiger charge is -2.21. The van der Waals surface area contributed by atoms with Crippen LogP contribution in [-0.4, -0.2) is 10.9 Å². The second-order valence-electron chi connectivity index (χ2n) is 6.37. The van der Waals surface area contributed by atoms with Crippen molar-refractivity contribution in [2.75, 3.05) is 4.90 Å². The molecule has 1 fully saturated rings.